The first-order valence-corrected chi connectivity index (χ1v) is 5.33. The summed E-state index contributed by atoms with van der Waals surface area (Å²) in [6.45, 7) is 5.87. The Hall–Kier alpha value is -1.13. The molecule has 0 aliphatic carbocycles. The van der Waals surface area contributed by atoms with Crippen LogP contribution in [0.25, 0.3) is 0 Å². The van der Waals surface area contributed by atoms with Crippen molar-refractivity contribution < 1.29 is 9.13 Å². The quantitative estimate of drug-likeness (QED) is 0.825. The summed E-state index contributed by atoms with van der Waals surface area (Å²) < 4.78 is 18.7. The van der Waals surface area contributed by atoms with E-state index in [1.165, 1.54) is 6.07 Å². The maximum Gasteiger partial charge on any atom is 0.165 e. The summed E-state index contributed by atoms with van der Waals surface area (Å²) in [5, 5.41) is 0. The van der Waals surface area contributed by atoms with Crippen molar-refractivity contribution in [2.45, 2.75) is 32.4 Å². The van der Waals surface area contributed by atoms with Gasteiger partial charge in [-0.2, -0.15) is 0 Å². The third kappa shape index (κ3) is 2.93. The molecule has 0 saturated carbocycles. The highest BCUT2D eigenvalue weighted by Gasteiger charge is 2.23. The van der Waals surface area contributed by atoms with Crippen LogP contribution < -0.4 is 16.2 Å². The van der Waals surface area contributed by atoms with E-state index >= 15 is 0 Å². The van der Waals surface area contributed by atoms with Crippen LogP contribution in [0.15, 0.2) is 18.2 Å². The van der Waals surface area contributed by atoms with Gasteiger partial charge in [0.15, 0.2) is 11.6 Å². The number of nitrogens with two attached hydrogens (primary N) is 2. The molecular weight excluding hydrogens is 207 g/mol. The van der Waals surface area contributed by atoms with Crippen LogP contribution in [0, 0.1) is 5.82 Å². The lowest BCUT2D eigenvalue weighted by molar-refractivity contribution is 0.320. The Morgan fingerprint density at radius 3 is 2.50 bits per heavy atom. The first kappa shape index (κ1) is 12.9. The molecule has 0 bridgehead atoms. The molecule has 1 aromatic carbocycles. The number of hydrogen-bond donors (Lipinski definition) is 2. The molecule has 0 saturated heterocycles. The van der Waals surface area contributed by atoms with Gasteiger partial charge < -0.3 is 16.2 Å². The van der Waals surface area contributed by atoms with Gasteiger partial charge in [0, 0.05) is 11.6 Å². The molecule has 0 aliphatic heterocycles. The van der Waals surface area contributed by atoms with E-state index in [0.29, 0.717) is 12.2 Å². The minimum Gasteiger partial charge on any atom is -0.491 e. The summed E-state index contributed by atoms with van der Waals surface area (Å²) in [6, 6.07) is 4.30. The molecule has 0 aromatic heterocycles. The van der Waals surface area contributed by atoms with Crippen molar-refractivity contribution in [2.75, 3.05) is 6.61 Å². The SMILES string of the molecule is CCOc1ccc(C(N)C(C)(C)N)cc1F. The van der Waals surface area contributed by atoms with Crippen LogP contribution in [0.4, 0.5) is 4.39 Å². The lowest BCUT2D eigenvalue weighted by Gasteiger charge is -2.27. The van der Waals surface area contributed by atoms with E-state index in [1.807, 2.05) is 20.8 Å². The standard InChI is InChI=1S/C12H19FN2O/c1-4-16-10-6-5-8(7-9(10)13)11(14)12(2,3)15/h5-7,11H,4,14-15H2,1-3H3. The second-order valence-corrected chi connectivity index (χ2v) is 4.42. The first-order chi connectivity index (χ1) is 7.36. The fourth-order valence-electron chi connectivity index (χ4n) is 1.41. The van der Waals surface area contributed by atoms with Crippen molar-refractivity contribution in [3.8, 4) is 5.75 Å². The average molecular weight is 226 g/mol. The molecule has 1 atom stereocenters. The molecule has 0 fully saturated rings. The van der Waals surface area contributed by atoms with E-state index in [4.69, 9.17) is 16.2 Å². The Labute approximate surface area is 95.6 Å². The van der Waals surface area contributed by atoms with Gasteiger partial charge in [0.1, 0.15) is 0 Å². The van der Waals surface area contributed by atoms with E-state index in [9.17, 15) is 4.39 Å². The Bertz CT molecular complexity index is 361. The van der Waals surface area contributed by atoms with Gasteiger partial charge in [-0.1, -0.05) is 6.07 Å². The monoisotopic (exact) mass is 226 g/mol. The Morgan fingerprint density at radius 1 is 1.44 bits per heavy atom. The minimum atomic E-state index is -0.584. The second-order valence-electron chi connectivity index (χ2n) is 4.42. The smallest absolute Gasteiger partial charge is 0.165 e. The van der Waals surface area contributed by atoms with Crippen molar-refractivity contribution in [1.82, 2.24) is 0 Å². The normalized spacial score (nSPS) is 13.6. The molecule has 16 heavy (non-hydrogen) atoms. The highest BCUT2D eigenvalue weighted by Crippen LogP contribution is 2.25. The summed E-state index contributed by atoms with van der Waals surface area (Å²) >= 11 is 0. The van der Waals surface area contributed by atoms with E-state index in [-0.39, 0.29) is 5.75 Å². The fraction of sp³-hybridized carbons (Fsp3) is 0.500. The summed E-state index contributed by atoms with van der Waals surface area (Å²) in [5.41, 5.74) is 11.9. The van der Waals surface area contributed by atoms with Crippen LogP contribution in [-0.4, -0.2) is 12.1 Å². The van der Waals surface area contributed by atoms with Crippen LogP contribution in [-0.2, 0) is 0 Å². The highest BCUT2D eigenvalue weighted by atomic mass is 19.1. The van der Waals surface area contributed by atoms with Gasteiger partial charge in [-0.25, -0.2) is 4.39 Å². The zero-order valence-corrected chi connectivity index (χ0v) is 9.96. The van der Waals surface area contributed by atoms with E-state index in [2.05, 4.69) is 0 Å². The van der Waals surface area contributed by atoms with Gasteiger partial charge in [0.05, 0.1) is 6.61 Å². The molecule has 0 aliphatic rings. The lowest BCUT2D eigenvalue weighted by Crippen LogP contribution is -2.43. The van der Waals surface area contributed by atoms with E-state index in [1.54, 1.807) is 12.1 Å². The molecule has 0 radical (unpaired) electrons. The third-order valence-electron chi connectivity index (χ3n) is 2.42. The van der Waals surface area contributed by atoms with Crippen molar-refractivity contribution in [2.24, 2.45) is 11.5 Å². The zero-order valence-electron chi connectivity index (χ0n) is 9.96. The largest absolute Gasteiger partial charge is 0.491 e. The maximum absolute atomic E-state index is 13.6. The fourth-order valence-corrected chi connectivity index (χ4v) is 1.41. The van der Waals surface area contributed by atoms with Gasteiger partial charge in [0.25, 0.3) is 0 Å². The predicted molar refractivity (Wildman–Crippen MR) is 62.8 cm³/mol. The number of ether oxygens (including phenoxy) is 1. The van der Waals surface area contributed by atoms with Crippen molar-refractivity contribution >= 4 is 0 Å². The van der Waals surface area contributed by atoms with Gasteiger partial charge in [-0.3, -0.25) is 0 Å². The van der Waals surface area contributed by atoms with Crippen LogP contribution in [0.2, 0.25) is 0 Å². The molecule has 4 N–H and O–H groups in total. The summed E-state index contributed by atoms with van der Waals surface area (Å²) in [5.74, 6) is -0.160. The summed E-state index contributed by atoms with van der Waals surface area (Å²) in [6.07, 6.45) is 0. The van der Waals surface area contributed by atoms with Crippen LogP contribution in [0.1, 0.15) is 32.4 Å². The first-order valence-electron chi connectivity index (χ1n) is 5.33. The number of halogens is 1. The van der Waals surface area contributed by atoms with Gasteiger partial charge in [-0.15, -0.1) is 0 Å². The lowest BCUT2D eigenvalue weighted by atomic mass is 9.90. The molecule has 0 heterocycles. The number of hydrogen-bond acceptors (Lipinski definition) is 3. The van der Waals surface area contributed by atoms with E-state index < -0.39 is 17.4 Å². The molecular formula is C12H19FN2O. The van der Waals surface area contributed by atoms with Gasteiger partial charge in [0.2, 0.25) is 0 Å². The molecule has 3 nitrogen and oxygen atoms in total. The van der Waals surface area contributed by atoms with Crippen molar-refractivity contribution in [1.29, 1.82) is 0 Å². The van der Waals surface area contributed by atoms with Crippen LogP contribution in [0.3, 0.4) is 0 Å². The Kier molecular flexibility index (Phi) is 3.88. The van der Waals surface area contributed by atoms with Gasteiger partial charge in [-0.05, 0) is 38.5 Å². The molecule has 1 aromatic rings. The maximum atomic E-state index is 13.6. The molecule has 0 amide bonds. The van der Waals surface area contributed by atoms with Crippen molar-refractivity contribution in [3.63, 3.8) is 0 Å². The Morgan fingerprint density at radius 2 is 2.06 bits per heavy atom. The number of benzene rings is 1. The molecule has 4 heteroatoms. The predicted octanol–water partition coefficient (Wildman–Crippen LogP) is 1.96. The number of rotatable bonds is 4. The molecule has 90 valence electrons. The second kappa shape index (κ2) is 4.80. The van der Waals surface area contributed by atoms with Crippen molar-refractivity contribution in [3.05, 3.63) is 29.6 Å². The minimum absolute atomic E-state index is 0.244. The summed E-state index contributed by atoms with van der Waals surface area (Å²) in [7, 11) is 0. The van der Waals surface area contributed by atoms with Crippen LogP contribution >= 0.6 is 0 Å². The zero-order chi connectivity index (χ0) is 12.3. The molecule has 1 rings (SSSR count). The van der Waals surface area contributed by atoms with E-state index in [0.717, 1.165) is 0 Å². The highest BCUT2D eigenvalue weighted by molar-refractivity contribution is 5.32. The molecule has 1 unspecified atom stereocenters. The topological polar surface area (TPSA) is 61.3 Å². The Balaban J connectivity index is 2.97. The average Bonchev–Trinajstić information content (AvgIpc) is 2.19. The summed E-state index contributed by atoms with van der Waals surface area (Å²) in [4.78, 5) is 0. The third-order valence-corrected chi connectivity index (χ3v) is 2.42. The van der Waals surface area contributed by atoms with Crippen LogP contribution in [0.5, 0.6) is 5.75 Å². The van der Waals surface area contributed by atoms with Gasteiger partial charge >= 0.3 is 0 Å². The molecule has 0 spiro atoms.